The van der Waals surface area contributed by atoms with Gasteiger partial charge in [-0.2, -0.15) is 0 Å². The van der Waals surface area contributed by atoms with Crippen LogP contribution in [0.4, 0.5) is 0 Å². The van der Waals surface area contributed by atoms with Gasteiger partial charge in [0.25, 0.3) is 0 Å². The van der Waals surface area contributed by atoms with Gasteiger partial charge in [-0.3, -0.25) is 14.4 Å². The maximum Gasteiger partial charge on any atom is 0.310 e. The van der Waals surface area contributed by atoms with Crippen molar-refractivity contribution in [3.63, 3.8) is 0 Å². The molecular weight excluding hydrogens is 332 g/mol. The van der Waals surface area contributed by atoms with Crippen LogP contribution in [-0.2, 0) is 20.7 Å². The second-order valence-electron chi connectivity index (χ2n) is 5.01. The number of ether oxygens (including phenoxy) is 2. The van der Waals surface area contributed by atoms with E-state index in [2.05, 4.69) is 0 Å². The van der Waals surface area contributed by atoms with Gasteiger partial charge in [0.1, 0.15) is 5.75 Å². The quantitative estimate of drug-likeness (QED) is 0.456. The molecule has 0 bridgehead atoms. The highest BCUT2D eigenvalue weighted by molar-refractivity contribution is 6.30. The Morgan fingerprint density at radius 1 is 0.958 bits per heavy atom. The van der Waals surface area contributed by atoms with Crippen LogP contribution in [0.3, 0.4) is 0 Å². The van der Waals surface area contributed by atoms with Gasteiger partial charge in [-0.25, -0.2) is 0 Å². The van der Waals surface area contributed by atoms with Crippen LogP contribution in [0.5, 0.6) is 5.75 Å². The van der Waals surface area contributed by atoms with E-state index < -0.39 is 11.9 Å². The number of halogens is 1. The van der Waals surface area contributed by atoms with Crippen LogP contribution in [0.1, 0.15) is 22.8 Å². The lowest BCUT2D eigenvalue weighted by Gasteiger charge is -2.06. The van der Waals surface area contributed by atoms with Crippen molar-refractivity contribution in [1.29, 1.82) is 0 Å². The summed E-state index contributed by atoms with van der Waals surface area (Å²) < 4.78 is 9.86. The molecule has 6 heteroatoms. The van der Waals surface area contributed by atoms with E-state index in [1.807, 2.05) is 0 Å². The van der Waals surface area contributed by atoms with Gasteiger partial charge >= 0.3 is 11.9 Å². The molecule has 0 atom stereocenters. The molecule has 0 heterocycles. The van der Waals surface area contributed by atoms with Crippen molar-refractivity contribution in [1.82, 2.24) is 0 Å². The molecule has 2 aromatic rings. The van der Waals surface area contributed by atoms with E-state index in [0.717, 1.165) is 5.56 Å². The Hall–Kier alpha value is -2.66. The molecule has 0 aliphatic rings. The first-order valence-corrected chi connectivity index (χ1v) is 7.53. The van der Waals surface area contributed by atoms with Gasteiger partial charge in [0, 0.05) is 17.5 Å². The van der Waals surface area contributed by atoms with E-state index in [1.54, 1.807) is 24.3 Å². The Kier molecular flexibility index (Phi) is 6.09. The topological polar surface area (TPSA) is 69.7 Å². The minimum Gasteiger partial charge on any atom is -0.457 e. The lowest BCUT2D eigenvalue weighted by Crippen LogP contribution is -2.15. The predicted octanol–water partition coefficient (Wildman–Crippen LogP) is 3.23. The van der Waals surface area contributed by atoms with Gasteiger partial charge in [0.05, 0.1) is 6.42 Å². The van der Waals surface area contributed by atoms with E-state index in [9.17, 15) is 14.4 Å². The largest absolute Gasteiger partial charge is 0.457 e. The summed E-state index contributed by atoms with van der Waals surface area (Å²) in [4.78, 5) is 34.5. The Balaban J connectivity index is 1.84. The lowest BCUT2D eigenvalue weighted by atomic mass is 10.1. The normalized spacial score (nSPS) is 10.1. The number of esters is 2. The second kappa shape index (κ2) is 8.26. The van der Waals surface area contributed by atoms with Gasteiger partial charge < -0.3 is 9.47 Å². The summed E-state index contributed by atoms with van der Waals surface area (Å²) in [7, 11) is 0. The van der Waals surface area contributed by atoms with E-state index in [-0.39, 0.29) is 18.8 Å². The molecule has 2 rings (SSSR count). The molecule has 5 nitrogen and oxygen atoms in total. The molecule has 0 saturated carbocycles. The highest BCUT2D eigenvalue weighted by Crippen LogP contribution is 2.13. The first-order valence-electron chi connectivity index (χ1n) is 7.16. The van der Waals surface area contributed by atoms with Crippen molar-refractivity contribution < 1.29 is 23.9 Å². The van der Waals surface area contributed by atoms with Crippen molar-refractivity contribution in [2.75, 3.05) is 6.61 Å². The number of Topliss-reactive ketones (excluding diaryl/α,β-unsaturated/α-hetero) is 1. The second-order valence-corrected chi connectivity index (χ2v) is 5.44. The summed E-state index contributed by atoms with van der Waals surface area (Å²) in [6, 6.07) is 12.8. The third kappa shape index (κ3) is 5.52. The minimum atomic E-state index is -0.498. The van der Waals surface area contributed by atoms with Gasteiger partial charge in [-0.05, 0) is 42.0 Å². The van der Waals surface area contributed by atoms with Crippen molar-refractivity contribution in [3.8, 4) is 5.75 Å². The molecular formula is C18H15ClO5. The average molecular weight is 347 g/mol. The Labute approximate surface area is 144 Å². The monoisotopic (exact) mass is 346 g/mol. The fourth-order valence-corrected chi connectivity index (χ4v) is 2.05. The zero-order chi connectivity index (χ0) is 17.5. The van der Waals surface area contributed by atoms with Crippen molar-refractivity contribution >= 4 is 29.3 Å². The van der Waals surface area contributed by atoms with Crippen LogP contribution in [0, 0.1) is 0 Å². The van der Waals surface area contributed by atoms with Crippen molar-refractivity contribution in [2.45, 2.75) is 13.3 Å². The molecule has 0 unspecified atom stereocenters. The fourth-order valence-electron chi connectivity index (χ4n) is 1.92. The summed E-state index contributed by atoms with van der Waals surface area (Å²) in [5.41, 5.74) is 1.12. The molecule has 0 amide bonds. The first kappa shape index (κ1) is 17.7. The van der Waals surface area contributed by atoms with Gasteiger partial charge in [-0.15, -0.1) is 0 Å². The molecule has 124 valence electrons. The number of hydrogen-bond donors (Lipinski definition) is 0. The van der Waals surface area contributed by atoms with Crippen molar-refractivity contribution in [3.05, 3.63) is 64.7 Å². The van der Waals surface area contributed by atoms with E-state index in [4.69, 9.17) is 21.1 Å². The van der Waals surface area contributed by atoms with Crippen molar-refractivity contribution in [2.24, 2.45) is 0 Å². The number of ketones is 1. The van der Waals surface area contributed by atoms with Crippen LogP contribution in [0.25, 0.3) is 0 Å². The number of carbonyl (C=O) groups excluding carboxylic acids is 3. The van der Waals surface area contributed by atoms with Crippen LogP contribution < -0.4 is 4.74 Å². The summed E-state index contributed by atoms with van der Waals surface area (Å²) in [5, 5.41) is 0.583. The van der Waals surface area contributed by atoms with Gasteiger partial charge in [-0.1, -0.05) is 23.7 Å². The Bertz CT molecular complexity index is 735. The molecule has 0 spiro atoms. The van der Waals surface area contributed by atoms with Crippen LogP contribution in [0.15, 0.2) is 48.5 Å². The summed E-state index contributed by atoms with van der Waals surface area (Å²) >= 11 is 5.77. The molecule has 0 fully saturated rings. The van der Waals surface area contributed by atoms with Crippen LogP contribution >= 0.6 is 11.6 Å². The maximum atomic E-state index is 12.0. The summed E-state index contributed by atoms with van der Waals surface area (Å²) in [6.07, 6.45) is 0.0653. The fraction of sp³-hybridized carbons (Fsp3) is 0.167. The molecule has 0 N–H and O–H groups in total. The lowest BCUT2D eigenvalue weighted by molar-refractivity contribution is -0.141. The van der Waals surface area contributed by atoms with Crippen LogP contribution in [-0.4, -0.2) is 24.3 Å². The predicted molar refractivity (Wildman–Crippen MR) is 88.2 cm³/mol. The molecule has 2 aromatic carbocycles. The van der Waals surface area contributed by atoms with Crippen LogP contribution in [0.2, 0.25) is 5.02 Å². The third-order valence-corrected chi connectivity index (χ3v) is 3.32. The number of hydrogen-bond acceptors (Lipinski definition) is 5. The first-order chi connectivity index (χ1) is 11.4. The summed E-state index contributed by atoms with van der Waals surface area (Å²) in [6.45, 7) is 0.943. The number of carbonyl (C=O) groups is 3. The molecule has 0 saturated heterocycles. The highest BCUT2D eigenvalue weighted by Gasteiger charge is 2.11. The minimum absolute atomic E-state index is 0.0653. The zero-order valence-electron chi connectivity index (χ0n) is 13.0. The van der Waals surface area contributed by atoms with Gasteiger partial charge in [0.2, 0.25) is 0 Å². The smallest absolute Gasteiger partial charge is 0.310 e. The Morgan fingerprint density at radius 3 is 2.17 bits per heavy atom. The molecule has 0 aliphatic carbocycles. The molecule has 0 aromatic heterocycles. The van der Waals surface area contributed by atoms with E-state index in [1.165, 1.54) is 31.2 Å². The highest BCUT2D eigenvalue weighted by atomic mass is 35.5. The Morgan fingerprint density at radius 2 is 1.58 bits per heavy atom. The van der Waals surface area contributed by atoms with E-state index in [0.29, 0.717) is 16.3 Å². The molecule has 24 heavy (non-hydrogen) atoms. The molecule has 0 aliphatic heterocycles. The molecule has 0 radical (unpaired) electrons. The third-order valence-electron chi connectivity index (χ3n) is 3.06. The van der Waals surface area contributed by atoms with E-state index >= 15 is 0 Å². The maximum absolute atomic E-state index is 12.0. The average Bonchev–Trinajstić information content (AvgIpc) is 2.55. The number of rotatable bonds is 6. The summed E-state index contributed by atoms with van der Waals surface area (Å²) in [5.74, 6) is -0.931. The SMILES string of the molecule is CC(=O)Oc1ccc(C(=O)COC(=O)Cc2ccc(Cl)cc2)cc1. The standard InChI is InChI=1S/C18H15ClO5/c1-12(20)24-16-8-4-14(5-9-16)17(21)11-23-18(22)10-13-2-6-15(19)7-3-13/h2-9H,10-11H2,1H3. The number of benzene rings is 2. The zero-order valence-corrected chi connectivity index (χ0v) is 13.7. The van der Waals surface area contributed by atoms with Gasteiger partial charge in [0.15, 0.2) is 12.4 Å².